The van der Waals surface area contributed by atoms with Gasteiger partial charge in [0.25, 0.3) is 0 Å². The molecule has 114 valence electrons. The lowest BCUT2D eigenvalue weighted by molar-refractivity contribution is 0.0935. The van der Waals surface area contributed by atoms with Gasteiger partial charge in [-0.05, 0) is 24.5 Å². The van der Waals surface area contributed by atoms with Gasteiger partial charge in [-0.25, -0.2) is 0 Å². The second kappa shape index (κ2) is 10.2. The Bertz CT molecular complexity index is 384. The van der Waals surface area contributed by atoms with Gasteiger partial charge in [0.05, 0.1) is 0 Å². The zero-order chi connectivity index (χ0) is 14.8. The van der Waals surface area contributed by atoms with E-state index in [-0.39, 0.29) is 5.41 Å². The van der Waals surface area contributed by atoms with E-state index in [1.165, 1.54) is 0 Å². The predicted octanol–water partition coefficient (Wildman–Crippen LogP) is 4.81. The maximum Gasteiger partial charge on any atom is 0.0487 e. The number of ether oxygens (including phenoxy) is 2. The van der Waals surface area contributed by atoms with Crippen molar-refractivity contribution < 1.29 is 9.47 Å². The third kappa shape index (κ3) is 5.30. The third-order valence-corrected chi connectivity index (χ3v) is 5.80. The van der Waals surface area contributed by atoms with E-state index in [1.807, 2.05) is 18.2 Å². The summed E-state index contributed by atoms with van der Waals surface area (Å²) >= 11 is 13.6. The van der Waals surface area contributed by atoms with Gasteiger partial charge in [-0.2, -0.15) is 0 Å². The first-order chi connectivity index (χ1) is 9.70. The Morgan fingerprint density at radius 1 is 1.10 bits per heavy atom. The first-order valence-electron chi connectivity index (χ1n) is 6.64. The van der Waals surface area contributed by atoms with E-state index in [0.717, 1.165) is 47.3 Å². The molecule has 1 rings (SSSR count). The molecule has 0 N–H and O–H groups in total. The van der Waals surface area contributed by atoms with Crippen LogP contribution in [0.25, 0.3) is 0 Å². The van der Waals surface area contributed by atoms with E-state index in [2.05, 4.69) is 37.9 Å². The van der Waals surface area contributed by atoms with Crippen LogP contribution >= 0.6 is 43.5 Å². The summed E-state index contributed by atoms with van der Waals surface area (Å²) in [7, 11) is 1.71. The lowest BCUT2D eigenvalue weighted by Gasteiger charge is -2.31. The molecule has 0 atom stereocenters. The van der Waals surface area contributed by atoms with Crippen molar-refractivity contribution in [1.82, 2.24) is 0 Å². The fourth-order valence-electron chi connectivity index (χ4n) is 2.01. The number of halogens is 3. The predicted molar refractivity (Wildman–Crippen MR) is 92.6 cm³/mol. The molecule has 0 amide bonds. The van der Waals surface area contributed by atoms with Gasteiger partial charge in [-0.1, -0.05) is 61.7 Å². The molecule has 0 fully saturated rings. The molecule has 0 bridgehead atoms. The smallest absolute Gasteiger partial charge is 0.0487 e. The van der Waals surface area contributed by atoms with Gasteiger partial charge in [-0.15, -0.1) is 0 Å². The minimum atomic E-state index is -0.0421. The molecule has 0 aliphatic heterocycles. The van der Waals surface area contributed by atoms with Crippen LogP contribution in [0.3, 0.4) is 0 Å². The van der Waals surface area contributed by atoms with Crippen molar-refractivity contribution in [3.8, 4) is 0 Å². The summed E-state index contributed by atoms with van der Waals surface area (Å²) in [4.78, 5) is 0. The van der Waals surface area contributed by atoms with Crippen LogP contribution in [0.4, 0.5) is 0 Å². The standard InChI is InChI=1S/C15H21Br2ClO2/c1-19-8-4-9-20-10-7-15(11-16,12-17)13-5-2-3-6-14(13)18/h2-3,5-6H,4,7-12H2,1H3. The number of hydrogen-bond acceptors (Lipinski definition) is 2. The third-order valence-electron chi connectivity index (χ3n) is 3.32. The average molecular weight is 429 g/mol. The number of hydrogen-bond donors (Lipinski definition) is 0. The number of alkyl halides is 2. The summed E-state index contributed by atoms with van der Waals surface area (Å²) < 4.78 is 10.7. The molecule has 0 radical (unpaired) electrons. The van der Waals surface area contributed by atoms with Crippen LogP contribution in [0.2, 0.25) is 5.02 Å². The number of methoxy groups -OCH3 is 1. The lowest BCUT2D eigenvalue weighted by atomic mass is 9.81. The molecule has 0 aliphatic carbocycles. The maximum atomic E-state index is 6.35. The Balaban J connectivity index is 2.61. The number of benzene rings is 1. The summed E-state index contributed by atoms with van der Waals surface area (Å²) in [5, 5.41) is 2.50. The molecule has 0 aromatic heterocycles. The first-order valence-corrected chi connectivity index (χ1v) is 9.26. The highest BCUT2D eigenvalue weighted by atomic mass is 79.9. The van der Waals surface area contributed by atoms with Crippen molar-refractivity contribution in [2.75, 3.05) is 37.6 Å². The van der Waals surface area contributed by atoms with Crippen LogP contribution in [0.1, 0.15) is 18.4 Å². The first kappa shape index (κ1) is 18.4. The molecule has 0 spiro atoms. The highest BCUT2D eigenvalue weighted by Gasteiger charge is 2.31. The monoisotopic (exact) mass is 426 g/mol. The van der Waals surface area contributed by atoms with Crippen molar-refractivity contribution in [2.24, 2.45) is 0 Å². The lowest BCUT2D eigenvalue weighted by Crippen LogP contribution is -2.32. The van der Waals surface area contributed by atoms with Crippen LogP contribution < -0.4 is 0 Å². The van der Waals surface area contributed by atoms with Gasteiger partial charge in [-0.3, -0.25) is 0 Å². The normalized spacial score (nSPS) is 11.8. The van der Waals surface area contributed by atoms with Gasteiger partial charge in [0.2, 0.25) is 0 Å². The zero-order valence-electron chi connectivity index (χ0n) is 11.7. The van der Waals surface area contributed by atoms with E-state index >= 15 is 0 Å². The highest BCUT2D eigenvalue weighted by molar-refractivity contribution is 9.09. The largest absolute Gasteiger partial charge is 0.385 e. The minimum absolute atomic E-state index is 0.0421. The van der Waals surface area contributed by atoms with Crippen LogP contribution in [0.5, 0.6) is 0 Å². The summed E-state index contributed by atoms with van der Waals surface area (Å²) in [6.45, 7) is 2.19. The van der Waals surface area contributed by atoms with Crippen molar-refractivity contribution in [2.45, 2.75) is 18.3 Å². The topological polar surface area (TPSA) is 18.5 Å². The number of rotatable bonds is 10. The fourth-order valence-corrected chi connectivity index (χ4v) is 4.44. The van der Waals surface area contributed by atoms with Gasteiger partial charge in [0.15, 0.2) is 0 Å². The molecule has 1 aromatic carbocycles. The molecule has 2 nitrogen and oxygen atoms in total. The van der Waals surface area contributed by atoms with E-state index in [0.29, 0.717) is 6.61 Å². The Labute approximate surface area is 143 Å². The summed E-state index contributed by atoms with van der Waals surface area (Å²) in [5.74, 6) is 0. The van der Waals surface area contributed by atoms with Crippen LogP contribution in [0.15, 0.2) is 24.3 Å². The molecule has 20 heavy (non-hydrogen) atoms. The van der Waals surface area contributed by atoms with Crippen molar-refractivity contribution >= 4 is 43.5 Å². The molecule has 0 saturated carbocycles. The van der Waals surface area contributed by atoms with Gasteiger partial charge in [0.1, 0.15) is 0 Å². The Hall–Kier alpha value is 0.390. The van der Waals surface area contributed by atoms with Gasteiger partial charge >= 0.3 is 0 Å². The molecular formula is C15H21Br2ClO2. The molecule has 0 saturated heterocycles. The molecule has 0 aliphatic rings. The molecular weight excluding hydrogens is 407 g/mol. The molecule has 0 heterocycles. The second-order valence-electron chi connectivity index (χ2n) is 4.74. The Morgan fingerprint density at radius 2 is 1.80 bits per heavy atom. The van der Waals surface area contributed by atoms with E-state index in [4.69, 9.17) is 21.1 Å². The SMILES string of the molecule is COCCCOCCC(CBr)(CBr)c1ccccc1Cl. The zero-order valence-corrected chi connectivity index (χ0v) is 15.6. The van der Waals surface area contributed by atoms with E-state index in [9.17, 15) is 0 Å². The van der Waals surface area contributed by atoms with E-state index < -0.39 is 0 Å². The molecule has 1 aromatic rings. The van der Waals surface area contributed by atoms with Crippen molar-refractivity contribution in [1.29, 1.82) is 0 Å². The quantitative estimate of drug-likeness (QED) is 0.393. The summed E-state index contributed by atoms with van der Waals surface area (Å²) in [6.07, 6.45) is 1.85. The fraction of sp³-hybridized carbons (Fsp3) is 0.600. The Morgan fingerprint density at radius 3 is 2.40 bits per heavy atom. The van der Waals surface area contributed by atoms with Crippen molar-refractivity contribution in [3.63, 3.8) is 0 Å². The van der Waals surface area contributed by atoms with Crippen molar-refractivity contribution in [3.05, 3.63) is 34.9 Å². The van der Waals surface area contributed by atoms with Gasteiger partial charge in [0, 0.05) is 48.0 Å². The second-order valence-corrected chi connectivity index (χ2v) is 6.26. The average Bonchev–Trinajstić information content (AvgIpc) is 2.48. The van der Waals surface area contributed by atoms with Crippen LogP contribution in [0, 0.1) is 0 Å². The summed E-state index contributed by atoms with van der Waals surface area (Å²) in [6, 6.07) is 8.02. The molecule has 0 unspecified atom stereocenters. The van der Waals surface area contributed by atoms with Crippen LogP contribution in [-0.4, -0.2) is 37.6 Å². The highest BCUT2D eigenvalue weighted by Crippen LogP contribution is 2.36. The van der Waals surface area contributed by atoms with E-state index in [1.54, 1.807) is 7.11 Å². The maximum absolute atomic E-state index is 6.35. The van der Waals surface area contributed by atoms with Gasteiger partial charge < -0.3 is 9.47 Å². The Kier molecular flexibility index (Phi) is 9.38. The summed E-state index contributed by atoms with van der Waals surface area (Å²) in [5.41, 5.74) is 1.12. The minimum Gasteiger partial charge on any atom is -0.385 e. The van der Waals surface area contributed by atoms with Crippen LogP contribution in [-0.2, 0) is 14.9 Å². The molecule has 5 heteroatoms.